The Morgan fingerprint density at radius 2 is 1.90 bits per heavy atom. The van der Waals surface area contributed by atoms with E-state index in [1.807, 2.05) is 24.3 Å². The second-order valence-electron chi connectivity index (χ2n) is 6.30. The third kappa shape index (κ3) is 3.50. The normalized spacial score (nSPS) is 29.1. The summed E-state index contributed by atoms with van der Waals surface area (Å²) in [4.78, 5) is 2.52. The number of hydrogen-bond donors (Lipinski definition) is 1. The predicted octanol–water partition coefficient (Wildman–Crippen LogP) is 2.13. The van der Waals surface area contributed by atoms with E-state index >= 15 is 0 Å². The van der Waals surface area contributed by atoms with Crippen LogP contribution in [0.1, 0.15) is 19.3 Å². The van der Waals surface area contributed by atoms with Crippen molar-refractivity contribution in [3.63, 3.8) is 0 Å². The molecule has 1 saturated heterocycles. The topological polar surface area (TPSA) is 47.7 Å². The molecule has 2 N–H and O–H groups in total. The molecular weight excluding hydrogens is 264 g/mol. The number of benzene rings is 1. The molecule has 1 aromatic rings. The first-order valence-electron chi connectivity index (χ1n) is 8.01. The van der Waals surface area contributed by atoms with Crippen molar-refractivity contribution in [2.24, 2.45) is 17.6 Å². The molecule has 3 rings (SSSR count). The molecule has 1 aliphatic heterocycles. The molecule has 0 spiro atoms. The lowest BCUT2D eigenvalue weighted by Crippen LogP contribution is -2.38. The van der Waals surface area contributed by atoms with Crippen molar-refractivity contribution in [2.75, 3.05) is 33.4 Å². The summed E-state index contributed by atoms with van der Waals surface area (Å²) < 4.78 is 11.0. The number of rotatable bonds is 5. The molecule has 1 heterocycles. The molecule has 2 fully saturated rings. The second kappa shape index (κ2) is 6.67. The highest BCUT2D eigenvalue weighted by Crippen LogP contribution is 2.35. The fourth-order valence-electron chi connectivity index (χ4n) is 3.76. The van der Waals surface area contributed by atoms with Gasteiger partial charge in [-0.25, -0.2) is 0 Å². The first kappa shape index (κ1) is 14.7. The summed E-state index contributed by atoms with van der Waals surface area (Å²) >= 11 is 0. The molecule has 1 aliphatic carbocycles. The average molecular weight is 290 g/mol. The van der Waals surface area contributed by atoms with Gasteiger partial charge in [0.05, 0.1) is 7.11 Å². The Balaban J connectivity index is 1.43. The van der Waals surface area contributed by atoms with Crippen LogP contribution in [0.2, 0.25) is 0 Å². The van der Waals surface area contributed by atoms with Crippen molar-refractivity contribution in [1.82, 2.24) is 4.90 Å². The molecular formula is C17H26N2O2. The van der Waals surface area contributed by atoms with Crippen LogP contribution < -0.4 is 15.2 Å². The van der Waals surface area contributed by atoms with Gasteiger partial charge in [-0.1, -0.05) is 6.42 Å². The number of nitrogens with zero attached hydrogens (tertiary/aromatic N) is 1. The SMILES string of the molecule is COc1ccc(OCCN2CC3CCCC(N)C3C2)cc1. The van der Waals surface area contributed by atoms with Gasteiger partial charge in [-0.3, -0.25) is 4.90 Å². The third-order valence-electron chi connectivity index (χ3n) is 4.97. The van der Waals surface area contributed by atoms with Gasteiger partial charge in [-0.05, 0) is 48.9 Å². The zero-order chi connectivity index (χ0) is 14.7. The van der Waals surface area contributed by atoms with Crippen molar-refractivity contribution in [1.29, 1.82) is 0 Å². The molecule has 1 aromatic carbocycles. The lowest BCUT2D eigenvalue weighted by Gasteiger charge is -2.29. The number of likely N-dealkylation sites (tertiary alicyclic amines) is 1. The fourth-order valence-corrected chi connectivity index (χ4v) is 3.76. The molecule has 3 unspecified atom stereocenters. The lowest BCUT2D eigenvalue weighted by atomic mass is 9.78. The Hall–Kier alpha value is -1.26. The van der Waals surface area contributed by atoms with Gasteiger partial charge in [0.2, 0.25) is 0 Å². The summed E-state index contributed by atoms with van der Waals surface area (Å²) in [6, 6.07) is 8.19. The zero-order valence-corrected chi connectivity index (χ0v) is 12.8. The number of fused-ring (bicyclic) bond motifs is 1. The van der Waals surface area contributed by atoms with Crippen LogP contribution in [0, 0.1) is 11.8 Å². The molecule has 0 amide bonds. The summed E-state index contributed by atoms with van der Waals surface area (Å²) in [6.07, 6.45) is 3.87. The van der Waals surface area contributed by atoms with Gasteiger partial charge in [-0.15, -0.1) is 0 Å². The monoisotopic (exact) mass is 290 g/mol. The Kier molecular flexibility index (Phi) is 4.66. The maximum absolute atomic E-state index is 6.26. The maximum Gasteiger partial charge on any atom is 0.119 e. The smallest absolute Gasteiger partial charge is 0.119 e. The predicted molar refractivity (Wildman–Crippen MR) is 83.7 cm³/mol. The van der Waals surface area contributed by atoms with Crippen LogP contribution >= 0.6 is 0 Å². The van der Waals surface area contributed by atoms with Crippen LogP contribution in [0.4, 0.5) is 0 Å². The molecule has 1 saturated carbocycles. The highest BCUT2D eigenvalue weighted by atomic mass is 16.5. The lowest BCUT2D eigenvalue weighted by molar-refractivity contribution is 0.229. The van der Waals surface area contributed by atoms with Gasteiger partial charge in [0.1, 0.15) is 18.1 Å². The summed E-state index contributed by atoms with van der Waals surface area (Å²) in [5.74, 6) is 3.29. The number of nitrogens with two attached hydrogens (primary N) is 1. The van der Waals surface area contributed by atoms with Gasteiger partial charge >= 0.3 is 0 Å². The molecule has 0 bridgehead atoms. The third-order valence-corrected chi connectivity index (χ3v) is 4.97. The highest BCUT2D eigenvalue weighted by Gasteiger charge is 2.38. The number of methoxy groups -OCH3 is 1. The second-order valence-corrected chi connectivity index (χ2v) is 6.30. The van der Waals surface area contributed by atoms with Crippen molar-refractivity contribution in [3.05, 3.63) is 24.3 Å². The van der Waals surface area contributed by atoms with Gasteiger partial charge in [0.25, 0.3) is 0 Å². The van der Waals surface area contributed by atoms with Crippen LogP contribution in [0.15, 0.2) is 24.3 Å². The van der Waals surface area contributed by atoms with Crippen molar-refractivity contribution in [3.8, 4) is 11.5 Å². The Morgan fingerprint density at radius 3 is 2.62 bits per heavy atom. The highest BCUT2D eigenvalue weighted by molar-refractivity contribution is 5.31. The van der Waals surface area contributed by atoms with Gasteiger partial charge < -0.3 is 15.2 Å². The van der Waals surface area contributed by atoms with Crippen LogP contribution in [0.3, 0.4) is 0 Å². The van der Waals surface area contributed by atoms with E-state index in [2.05, 4.69) is 4.90 Å². The standard InChI is InChI=1S/C17H26N2O2/c1-20-14-5-7-15(8-6-14)21-10-9-19-11-13-3-2-4-17(18)16(13)12-19/h5-8,13,16-17H,2-4,9-12,18H2,1H3. The molecule has 2 aliphatic rings. The summed E-state index contributed by atoms with van der Waals surface area (Å²) in [6.45, 7) is 4.08. The van der Waals surface area contributed by atoms with Crippen molar-refractivity contribution < 1.29 is 9.47 Å². The zero-order valence-electron chi connectivity index (χ0n) is 12.8. The van der Waals surface area contributed by atoms with E-state index in [-0.39, 0.29) is 0 Å². The number of hydrogen-bond acceptors (Lipinski definition) is 4. The average Bonchev–Trinajstić information content (AvgIpc) is 2.92. The first-order chi connectivity index (χ1) is 10.3. The van der Waals surface area contributed by atoms with E-state index in [9.17, 15) is 0 Å². The molecule has 21 heavy (non-hydrogen) atoms. The Morgan fingerprint density at radius 1 is 1.14 bits per heavy atom. The minimum Gasteiger partial charge on any atom is -0.497 e. The van der Waals surface area contributed by atoms with E-state index in [0.717, 1.165) is 37.1 Å². The summed E-state index contributed by atoms with van der Waals surface area (Å²) in [7, 11) is 1.67. The van der Waals surface area contributed by atoms with Crippen LogP contribution in [0.5, 0.6) is 11.5 Å². The summed E-state index contributed by atoms with van der Waals surface area (Å²) in [5.41, 5.74) is 6.26. The Bertz CT molecular complexity index is 449. The maximum atomic E-state index is 6.26. The van der Waals surface area contributed by atoms with E-state index in [4.69, 9.17) is 15.2 Å². The molecule has 4 heteroatoms. The van der Waals surface area contributed by atoms with Crippen LogP contribution in [0.25, 0.3) is 0 Å². The van der Waals surface area contributed by atoms with E-state index in [1.54, 1.807) is 7.11 Å². The molecule has 116 valence electrons. The molecule has 0 aromatic heterocycles. The quantitative estimate of drug-likeness (QED) is 0.902. The van der Waals surface area contributed by atoms with E-state index in [1.165, 1.54) is 25.8 Å². The van der Waals surface area contributed by atoms with E-state index < -0.39 is 0 Å². The Labute approximate surface area is 127 Å². The minimum atomic E-state index is 0.413. The van der Waals surface area contributed by atoms with Gasteiger partial charge in [0.15, 0.2) is 0 Å². The van der Waals surface area contributed by atoms with Crippen LogP contribution in [-0.4, -0.2) is 44.3 Å². The fraction of sp³-hybridized carbons (Fsp3) is 0.647. The van der Waals surface area contributed by atoms with Crippen molar-refractivity contribution >= 4 is 0 Å². The van der Waals surface area contributed by atoms with Gasteiger partial charge in [0, 0.05) is 25.7 Å². The molecule has 3 atom stereocenters. The van der Waals surface area contributed by atoms with Crippen LogP contribution in [-0.2, 0) is 0 Å². The van der Waals surface area contributed by atoms with Crippen molar-refractivity contribution in [2.45, 2.75) is 25.3 Å². The number of ether oxygens (including phenoxy) is 2. The molecule has 0 radical (unpaired) electrons. The summed E-state index contributed by atoms with van der Waals surface area (Å²) in [5, 5.41) is 0. The van der Waals surface area contributed by atoms with Gasteiger partial charge in [-0.2, -0.15) is 0 Å². The molecule has 4 nitrogen and oxygen atoms in total. The largest absolute Gasteiger partial charge is 0.497 e. The first-order valence-corrected chi connectivity index (χ1v) is 8.01. The van der Waals surface area contributed by atoms with E-state index in [0.29, 0.717) is 12.0 Å². The minimum absolute atomic E-state index is 0.413.